The Balaban J connectivity index is 2.02. The predicted octanol–water partition coefficient (Wildman–Crippen LogP) is 2.89. The number of nitrogens with one attached hydrogen (secondary N) is 1. The second-order valence-electron chi connectivity index (χ2n) is 4.39. The summed E-state index contributed by atoms with van der Waals surface area (Å²) in [4.78, 5) is 0. The molecule has 0 aromatic carbocycles. The highest BCUT2D eigenvalue weighted by Crippen LogP contribution is 2.18. The molecule has 0 aromatic heterocycles. The number of rotatable bonds is 10. The lowest BCUT2D eigenvalue weighted by Gasteiger charge is -2.17. The van der Waals surface area contributed by atoms with Crippen molar-refractivity contribution in [2.45, 2.75) is 57.6 Å². The molecule has 1 fully saturated rings. The normalized spacial score (nSPS) is 17.7. The molecule has 15 heavy (non-hydrogen) atoms. The average molecular weight is 211 g/mol. The standard InChI is InChI=1S/C13H25NO/c1-3-5-6-10-15-13(7-4-2)11-14-12-8-9-12/h3,12-14H,1,4-11H2,2H3. The summed E-state index contributed by atoms with van der Waals surface area (Å²) in [6, 6.07) is 0.793. The van der Waals surface area contributed by atoms with Crippen LogP contribution in [0, 0.1) is 0 Å². The van der Waals surface area contributed by atoms with Gasteiger partial charge in [-0.15, -0.1) is 6.58 Å². The molecule has 0 saturated heterocycles. The van der Waals surface area contributed by atoms with Crippen molar-refractivity contribution in [2.75, 3.05) is 13.2 Å². The maximum Gasteiger partial charge on any atom is 0.0699 e. The summed E-state index contributed by atoms with van der Waals surface area (Å²) < 4.78 is 5.85. The van der Waals surface area contributed by atoms with Crippen LogP contribution in [0.3, 0.4) is 0 Å². The van der Waals surface area contributed by atoms with Gasteiger partial charge in [0.1, 0.15) is 0 Å². The van der Waals surface area contributed by atoms with E-state index in [1.54, 1.807) is 0 Å². The maximum atomic E-state index is 5.85. The molecule has 0 heterocycles. The minimum Gasteiger partial charge on any atom is -0.377 e. The first-order chi connectivity index (χ1) is 7.36. The highest BCUT2D eigenvalue weighted by molar-refractivity contribution is 4.82. The van der Waals surface area contributed by atoms with Crippen molar-refractivity contribution >= 4 is 0 Å². The Morgan fingerprint density at radius 1 is 1.53 bits per heavy atom. The Kier molecular flexibility index (Phi) is 6.69. The fourth-order valence-electron chi connectivity index (χ4n) is 1.63. The van der Waals surface area contributed by atoms with E-state index in [9.17, 15) is 0 Å². The smallest absolute Gasteiger partial charge is 0.0699 e. The molecule has 1 aliphatic rings. The van der Waals surface area contributed by atoms with Crippen LogP contribution in [0.25, 0.3) is 0 Å². The van der Waals surface area contributed by atoms with E-state index in [0.29, 0.717) is 6.10 Å². The Morgan fingerprint density at radius 2 is 2.33 bits per heavy atom. The minimum absolute atomic E-state index is 0.417. The molecule has 0 aromatic rings. The van der Waals surface area contributed by atoms with Gasteiger partial charge in [0.05, 0.1) is 6.10 Å². The Labute approximate surface area is 94.1 Å². The summed E-state index contributed by atoms with van der Waals surface area (Å²) in [7, 11) is 0. The molecule has 0 spiro atoms. The molecule has 0 aliphatic heterocycles. The number of hydrogen-bond donors (Lipinski definition) is 1. The quantitative estimate of drug-likeness (QED) is 0.443. The molecule has 0 bridgehead atoms. The third-order valence-corrected chi connectivity index (χ3v) is 2.73. The van der Waals surface area contributed by atoms with Gasteiger partial charge in [0.25, 0.3) is 0 Å². The minimum atomic E-state index is 0.417. The van der Waals surface area contributed by atoms with Crippen molar-refractivity contribution in [1.29, 1.82) is 0 Å². The molecule has 1 atom stereocenters. The second-order valence-corrected chi connectivity index (χ2v) is 4.39. The van der Waals surface area contributed by atoms with E-state index in [4.69, 9.17) is 4.74 Å². The summed E-state index contributed by atoms with van der Waals surface area (Å²) in [5, 5.41) is 3.54. The molecule has 88 valence electrons. The fraction of sp³-hybridized carbons (Fsp3) is 0.846. The van der Waals surface area contributed by atoms with Crippen LogP contribution in [-0.4, -0.2) is 25.3 Å². The molecular weight excluding hydrogens is 186 g/mol. The molecule has 2 heteroatoms. The number of allylic oxidation sites excluding steroid dienone is 1. The van der Waals surface area contributed by atoms with Gasteiger partial charge in [0.2, 0.25) is 0 Å². The molecular formula is C13H25NO. The van der Waals surface area contributed by atoms with Gasteiger partial charge in [0.15, 0.2) is 0 Å². The summed E-state index contributed by atoms with van der Waals surface area (Å²) in [5.41, 5.74) is 0. The lowest BCUT2D eigenvalue weighted by molar-refractivity contribution is 0.0457. The van der Waals surface area contributed by atoms with E-state index in [1.807, 2.05) is 6.08 Å². The average Bonchev–Trinajstić information content (AvgIpc) is 3.04. The van der Waals surface area contributed by atoms with E-state index in [2.05, 4.69) is 18.8 Å². The van der Waals surface area contributed by atoms with Crippen LogP contribution in [-0.2, 0) is 4.74 Å². The largest absolute Gasteiger partial charge is 0.377 e. The van der Waals surface area contributed by atoms with Crippen LogP contribution in [0.2, 0.25) is 0 Å². The number of unbranched alkanes of at least 4 members (excludes halogenated alkanes) is 1. The zero-order valence-electron chi connectivity index (χ0n) is 10.0. The van der Waals surface area contributed by atoms with Gasteiger partial charge in [-0.25, -0.2) is 0 Å². The number of hydrogen-bond acceptors (Lipinski definition) is 2. The molecule has 1 rings (SSSR count). The monoisotopic (exact) mass is 211 g/mol. The van der Waals surface area contributed by atoms with Gasteiger partial charge in [-0.2, -0.15) is 0 Å². The zero-order valence-corrected chi connectivity index (χ0v) is 10.0. The first-order valence-electron chi connectivity index (χ1n) is 6.32. The van der Waals surface area contributed by atoms with Gasteiger partial charge >= 0.3 is 0 Å². The number of ether oxygens (including phenoxy) is 1. The van der Waals surface area contributed by atoms with E-state index in [1.165, 1.54) is 25.7 Å². The highest BCUT2D eigenvalue weighted by Gasteiger charge is 2.21. The molecule has 1 saturated carbocycles. The lowest BCUT2D eigenvalue weighted by Crippen LogP contribution is -2.30. The van der Waals surface area contributed by atoms with E-state index in [-0.39, 0.29) is 0 Å². The molecule has 1 unspecified atom stereocenters. The summed E-state index contributed by atoms with van der Waals surface area (Å²) in [6.07, 6.45) is 9.64. The molecule has 0 radical (unpaired) electrons. The molecule has 1 N–H and O–H groups in total. The van der Waals surface area contributed by atoms with Gasteiger partial charge in [-0.3, -0.25) is 0 Å². The third kappa shape index (κ3) is 6.69. The topological polar surface area (TPSA) is 21.3 Å². The summed E-state index contributed by atoms with van der Waals surface area (Å²) in [6.45, 7) is 7.85. The summed E-state index contributed by atoms with van der Waals surface area (Å²) in [5.74, 6) is 0. The van der Waals surface area contributed by atoms with Crippen LogP contribution < -0.4 is 5.32 Å². The van der Waals surface area contributed by atoms with Crippen LogP contribution in [0.15, 0.2) is 12.7 Å². The van der Waals surface area contributed by atoms with Crippen LogP contribution >= 0.6 is 0 Å². The van der Waals surface area contributed by atoms with Gasteiger partial charge < -0.3 is 10.1 Å². The van der Waals surface area contributed by atoms with Crippen LogP contribution in [0.1, 0.15) is 45.4 Å². The Bertz CT molecular complexity index is 166. The van der Waals surface area contributed by atoms with Crippen molar-refractivity contribution < 1.29 is 4.74 Å². The van der Waals surface area contributed by atoms with Crippen LogP contribution in [0.5, 0.6) is 0 Å². The van der Waals surface area contributed by atoms with Crippen LogP contribution in [0.4, 0.5) is 0 Å². The van der Waals surface area contributed by atoms with Gasteiger partial charge in [0, 0.05) is 19.2 Å². The van der Waals surface area contributed by atoms with Crippen molar-refractivity contribution in [1.82, 2.24) is 5.32 Å². The SMILES string of the molecule is C=CCCCOC(CCC)CNC1CC1. The maximum absolute atomic E-state index is 5.85. The predicted molar refractivity (Wildman–Crippen MR) is 65.1 cm³/mol. The first kappa shape index (κ1) is 12.7. The zero-order chi connectivity index (χ0) is 10.9. The summed E-state index contributed by atoms with van der Waals surface area (Å²) >= 11 is 0. The molecule has 2 nitrogen and oxygen atoms in total. The van der Waals surface area contributed by atoms with Gasteiger partial charge in [-0.1, -0.05) is 19.4 Å². The van der Waals surface area contributed by atoms with Crippen molar-refractivity contribution in [3.05, 3.63) is 12.7 Å². The van der Waals surface area contributed by atoms with Crippen molar-refractivity contribution in [3.8, 4) is 0 Å². The molecule has 0 amide bonds. The van der Waals surface area contributed by atoms with E-state index >= 15 is 0 Å². The fourth-order valence-corrected chi connectivity index (χ4v) is 1.63. The van der Waals surface area contributed by atoms with Gasteiger partial charge in [-0.05, 0) is 32.1 Å². The van der Waals surface area contributed by atoms with E-state index < -0.39 is 0 Å². The molecule has 1 aliphatic carbocycles. The highest BCUT2D eigenvalue weighted by atomic mass is 16.5. The second kappa shape index (κ2) is 7.89. The lowest BCUT2D eigenvalue weighted by atomic mass is 10.2. The third-order valence-electron chi connectivity index (χ3n) is 2.73. The Hall–Kier alpha value is -0.340. The van der Waals surface area contributed by atoms with Crippen molar-refractivity contribution in [2.24, 2.45) is 0 Å². The first-order valence-corrected chi connectivity index (χ1v) is 6.32. The Morgan fingerprint density at radius 3 is 2.93 bits per heavy atom. The van der Waals surface area contributed by atoms with Crippen molar-refractivity contribution in [3.63, 3.8) is 0 Å². The van der Waals surface area contributed by atoms with E-state index in [0.717, 1.165) is 32.0 Å².